The van der Waals surface area contributed by atoms with Crippen molar-refractivity contribution in [1.82, 2.24) is 10.6 Å². The molecule has 1 atom stereocenters. The molecule has 0 spiro atoms. The fourth-order valence-corrected chi connectivity index (χ4v) is 3.63. The van der Waals surface area contributed by atoms with E-state index in [1.807, 2.05) is 0 Å². The number of hydrogen-bond donors (Lipinski definition) is 3. The largest absolute Gasteiger partial charge is 0.480 e. The zero-order valence-electron chi connectivity index (χ0n) is 12.5. The van der Waals surface area contributed by atoms with Gasteiger partial charge in [0.15, 0.2) is 0 Å². The first-order valence-corrected chi connectivity index (χ1v) is 7.65. The Kier molecular flexibility index (Phi) is 4.25. The average Bonchev–Trinajstić information content (AvgIpc) is 2.77. The molecule has 2 rings (SSSR count). The molecule has 114 valence electrons. The van der Waals surface area contributed by atoms with Crippen molar-refractivity contribution in [2.45, 2.75) is 76.8 Å². The third-order valence-corrected chi connectivity index (χ3v) is 4.76. The first-order chi connectivity index (χ1) is 9.33. The molecule has 0 aliphatic heterocycles. The third-order valence-electron chi connectivity index (χ3n) is 4.76. The fraction of sp³-hybridized carbons (Fsp3) is 0.867. The Morgan fingerprint density at radius 3 is 2.30 bits per heavy atom. The van der Waals surface area contributed by atoms with Crippen LogP contribution < -0.4 is 10.6 Å². The molecule has 0 aromatic rings. The number of aliphatic carboxylic acids is 1. The highest BCUT2D eigenvalue weighted by molar-refractivity contribution is 5.86. The Hall–Kier alpha value is -1.26. The lowest BCUT2D eigenvalue weighted by molar-refractivity contribution is -0.144. The standard InChI is InChI=1S/C15H26N2O3/c1-14(2)7-5-6-11(10-14)16-13(20)17-15(12(18)19)8-3-4-9-15/h11H,3-10H2,1-2H3,(H,18,19)(H2,16,17,20). The topological polar surface area (TPSA) is 78.4 Å². The fourth-order valence-electron chi connectivity index (χ4n) is 3.63. The second kappa shape index (κ2) is 5.62. The zero-order chi connectivity index (χ0) is 14.8. The summed E-state index contributed by atoms with van der Waals surface area (Å²) >= 11 is 0. The van der Waals surface area contributed by atoms with Crippen LogP contribution in [-0.4, -0.2) is 28.7 Å². The van der Waals surface area contributed by atoms with Crippen LogP contribution in [0.4, 0.5) is 4.79 Å². The van der Waals surface area contributed by atoms with E-state index < -0.39 is 11.5 Å². The smallest absolute Gasteiger partial charge is 0.329 e. The minimum Gasteiger partial charge on any atom is -0.480 e. The highest BCUT2D eigenvalue weighted by Crippen LogP contribution is 2.35. The second-order valence-corrected chi connectivity index (χ2v) is 7.15. The molecule has 0 saturated heterocycles. The molecule has 1 unspecified atom stereocenters. The van der Waals surface area contributed by atoms with Crippen molar-refractivity contribution < 1.29 is 14.7 Å². The van der Waals surface area contributed by atoms with E-state index in [4.69, 9.17) is 0 Å². The predicted molar refractivity (Wildman–Crippen MR) is 76.5 cm³/mol. The van der Waals surface area contributed by atoms with Gasteiger partial charge in [-0.3, -0.25) is 0 Å². The van der Waals surface area contributed by atoms with Gasteiger partial charge in [0, 0.05) is 6.04 Å². The molecule has 2 aliphatic rings. The van der Waals surface area contributed by atoms with E-state index in [1.54, 1.807) is 0 Å². The van der Waals surface area contributed by atoms with Crippen LogP contribution in [-0.2, 0) is 4.79 Å². The Bertz CT molecular complexity index is 387. The molecule has 2 aliphatic carbocycles. The van der Waals surface area contributed by atoms with E-state index >= 15 is 0 Å². The molecule has 0 aromatic carbocycles. The summed E-state index contributed by atoms with van der Waals surface area (Å²) in [6.45, 7) is 4.43. The molecule has 0 bridgehead atoms. The average molecular weight is 282 g/mol. The van der Waals surface area contributed by atoms with E-state index in [0.717, 1.165) is 32.1 Å². The molecule has 0 aromatic heterocycles. The summed E-state index contributed by atoms with van der Waals surface area (Å²) in [4.78, 5) is 23.5. The van der Waals surface area contributed by atoms with Crippen LogP contribution >= 0.6 is 0 Å². The summed E-state index contributed by atoms with van der Waals surface area (Å²) < 4.78 is 0. The monoisotopic (exact) mass is 282 g/mol. The van der Waals surface area contributed by atoms with Gasteiger partial charge in [-0.1, -0.05) is 33.1 Å². The quantitative estimate of drug-likeness (QED) is 0.744. The van der Waals surface area contributed by atoms with Crippen LogP contribution in [0.25, 0.3) is 0 Å². The number of carboxylic acids is 1. The highest BCUT2D eigenvalue weighted by Gasteiger charge is 2.43. The lowest BCUT2D eigenvalue weighted by Crippen LogP contribution is -2.57. The van der Waals surface area contributed by atoms with E-state index in [9.17, 15) is 14.7 Å². The van der Waals surface area contributed by atoms with Crippen molar-refractivity contribution in [1.29, 1.82) is 0 Å². The predicted octanol–water partition coefficient (Wildman–Crippen LogP) is 2.65. The van der Waals surface area contributed by atoms with Crippen LogP contribution in [0.15, 0.2) is 0 Å². The molecule has 3 N–H and O–H groups in total. The lowest BCUT2D eigenvalue weighted by atomic mass is 9.75. The summed E-state index contributed by atoms with van der Waals surface area (Å²) in [7, 11) is 0. The van der Waals surface area contributed by atoms with Gasteiger partial charge < -0.3 is 15.7 Å². The number of carbonyl (C=O) groups excluding carboxylic acids is 1. The Balaban J connectivity index is 1.90. The van der Waals surface area contributed by atoms with E-state index in [-0.39, 0.29) is 17.5 Å². The molecule has 2 amide bonds. The number of amides is 2. The van der Waals surface area contributed by atoms with E-state index in [2.05, 4.69) is 24.5 Å². The van der Waals surface area contributed by atoms with E-state index in [1.165, 1.54) is 6.42 Å². The maximum atomic E-state index is 12.1. The molecule has 2 saturated carbocycles. The van der Waals surface area contributed by atoms with Crippen LogP contribution in [0.1, 0.15) is 65.2 Å². The molecule has 0 heterocycles. The van der Waals surface area contributed by atoms with Crippen molar-refractivity contribution >= 4 is 12.0 Å². The number of carboxylic acid groups (broad SMARTS) is 1. The number of urea groups is 1. The number of hydrogen-bond acceptors (Lipinski definition) is 2. The van der Waals surface area contributed by atoms with Gasteiger partial charge in [-0.25, -0.2) is 9.59 Å². The number of carbonyl (C=O) groups is 2. The summed E-state index contributed by atoms with van der Waals surface area (Å²) in [6.07, 6.45) is 7.04. The van der Waals surface area contributed by atoms with Crippen LogP contribution in [0.5, 0.6) is 0 Å². The minimum atomic E-state index is -1.05. The van der Waals surface area contributed by atoms with Crippen molar-refractivity contribution in [2.24, 2.45) is 5.41 Å². The number of nitrogens with one attached hydrogen (secondary N) is 2. The SMILES string of the molecule is CC1(C)CCCC(NC(=O)NC2(C(=O)O)CCCC2)C1. The molecule has 2 fully saturated rings. The summed E-state index contributed by atoms with van der Waals surface area (Å²) in [5.41, 5.74) is -0.789. The Labute approximate surface area is 120 Å². The maximum Gasteiger partial charge on any atom is 0.329 e. The molecule has 0 radical (unpaired) electrons. The van der Waals surface area contributed by atoms with Gasteiger partial charge in [0.2, 0.25) is 0 Å². The summed E-state index contributed by atoms with van der Waals surface area (Å²) in [6, 6.07) is -0.164. The van der Waals surface area contributed by atoms with E-state index in [0.29, 0.717) is 12.8 Å². The molecular formula is C15H26N2O3. The first-order valence-electron chi connectivity index (χ1n) is 7.65. The maximum absolute atomic E-state index is 12.1. The molecule has 5 nitrogen and oxygen atoms in total. The highest BCUT2D eigenvalue weighted by atomic mass is 16.4. The van der Waals surface area contributed by atoms with Crippen LogP contribution in [0, 0.1) is 5.41 Å². The summed E-state index contributed by atoms with van der Waals surface area (Å²) in [5, 5.41) is 15.0. The Morgan fingerprint density at radius 2 is 1.75 bits per heavy atom. The number of rotatable bonds is 3. The molecule has 5 heteroatoms. The summed E-state index contributed by atoms with van der Waals surface area (Å²) in [5.74, 6) is -0.908. The Morgan fingerprint density at radius 1 is 1.10 bits per heavy atom. The van der Waals surface area contributed by atoms with Gasteiger partial charge in [-0.05, 0) is 37.5 Å². The van der Waals surface area contributed by atoms with Crippen molar-refractivity contribution in [3.8, 4) is 0 Å². The first kappa shape index (κ1) is 15.1. The van der Waals surface area contributed by atoms with Gasteiger partial charge in [0.25, 0.3) is 0 Å². The minimum absolute atomic E-state index is 0.158. The second-order valence-electron chi connectivity index (χ2n) is 7.15. The lowest BCUT2D eigenvalue weighted by Gasteiger charge is -2.36. The normalized spacial score (nSPS) is 27.8. The van der Waals surface area contributed by atoms with Crippen LogP contribution in [0.3, 0.4) is 0 Å². The third kappa shape index (κ3) is 3.44. The van der Waals surface area contributed by atoms with Gasteiger partial charge in [0.05, 0.1) is 0 Å². The van der Waals surface area contributed by atoms with Gasteiger partial charge in [-0.2, -0.15) is 0 Å². The van der Waals surface area contributed by atoms with Crippen molar-refractivity contribution in [3.63, 3.8) is 0 Å². The van der Waals surface area contributed by atoms with Crippen LogP contribution in [0.2, 0.25) is 0 Å². The van der Waals surface area contributed by atoms with Crippen molar-refractivity contribution in [2.75, 3.05) is 0 Å². The van der Waals surface area contributed by atoms with Gasteiger partial charge >= 0.3 is 12.0 Å². The van der Waals surface area contributed by atoms with Gasteiger partial charge in [-0.15, -0.1) is 0 Å². The zero-order valence-corrected chi connectivity index (χ0v) is 12.5. The van der Waals surface area contributed by atoms with Crippen molar-refractivity contribution in [3.05, 3.63) is 0 Å². The molecular weight excluding hydrogens is 256 g/mol. The molecule has 20 heavy (non-hydrogen) atoms. The van der Waals surface area contributed by atoms with Gasteiger partial charge in [0.1, 0.15) is 5.54 Å².